The van der Waals surface area contributed by atoms with Gasteiger partial charge in [0.25, 0.3) is 0 Å². The van der Waals surface area contributed by atoms with Gasteiger partial charge in [0.1, 0.15) is 5.82 Å². The normalized spacial score (nSPS) is 21.0. The maximum absolute atomic E-state index is 12.8. The summed E-state index contributed by atoms with van der Waals surface area (Å²) in [5.74, 6) is -0.0256. The van der Waals surface area contributed by atoms with Gasteiger partial charge in [-0.2, -0.15) is 10.1 Å². The van der Waals surface area contributed by atoms with Crippen molar-refractivity contribution in [2.75, 3.05) is 5.32 Å². The van der Waals surface area contributed by atoms with Crippen molar-refractivity contribution in [3.63, 3.8) is 0 Å². The number of aromatic nitrogens is 5. The Balaban J connectivity index is 1.93. The van der Waals surface area contributed by atoms with Crippen LogP contribution in [0.2, 0.25) is 0 Å². The number of nitrogens with zero attached hydrogens (tertiary/aromatic N) is 5. The number of likely N-dealkylation sites (tertiary alicyclic amines) is 1. The van der Waals surface area contributed by atoms with Crippen molar-refractivity contribution < 1.29 is 9.59 Å². The Morgan fingerprint density at radius 1 is 1.40 bits per heavy atom. The number of amides is 2. The predicted molar refractivity (Wildman–Crippen MR) is 90.4 cm³/mol. The van der Waals surface area contributed by atoms with Crippen LogP contribution in [0.4, 0.5) is 5.95 Å². The zero-order chi connectivity index (χ0) is 18.4. The maximum Gasteiger partial charge on any atom is 0.248 e. The van der Waals surface area contributed by atoms with Crippen molar-refractivity contribution in [3.8, 4) is 0 Å². The first-order chi connectivity index (χ1) is 11.7. The fourth-order valence-corrected chi connectivity index (χ4v) is 3.34. The van der Waals surface area contributed by atoms with E-state index in [1.54, 1.807) is 22.7 Å². The number of rotatable bonds is 3. The highest BCUT2D eigenvalue weighted by molar-refractivity contribution is 5.97. The van der Waals surface area contributed by atoms with E-state index < -0.39 is 11.5 Å². The molecule has 0 aromatic carbocycles. The van der Waals surface area contributed by atoms with Gasteiger partial charge in [0, 0.05) is 30.8 Å². The van der Waals surface area contributed by atoms with Gasteiger partial charge in [-0.15, -0.1) is 5.10 Å². The van der Waals surface area contributed by atoms with Gasteiger partial charge in [-0.05, 0) is 27.7 Å². The van der Waals surface area contributed by atoms with Gasteiger partial charge in [0.2, 0.25) is 17.8 Å². The molecule has 1 aliphatic heterocycles. The molecule has 1 saturated heterocycles. The Morgan fingerprint density at radius 3 is 2.64 bits per heavy atom. The summed E-state index contributed by atoms with van der Waals surface area (Å²) in [6.07, 6.45) is 3.70. The summed E-state index contributed by atoms with van der Waals surface area (Å²) >= 11 is 0. The minimum absolute atomic E-state index is 0.0485. The van der Waals surface area contributed by atoms with E-state index in [1.165, 1.54) is 0 Å². The zero-order valence-electron chi connectivity index (χ0n) is 15.1. The van der Waals surface area contributed by atoms with Crippen LogP contribution in [0.15, 0.2) is 12.4 Å². The van der Waals surface area contributed by atoms with Crippen LogP contribution in [0.5, 0.6) is 0 Å². The van der Waals surface area contributed by atoms with Gasteiger partial charge in [-0.25, -0.2) is 0 Å². The SMILES string of the molecule is Cc1nc(NC(=O)C2CC(=O)N(C(C)(C)C)C2c2cnn(C)c2)n[nH]1. The summed E-state index contributed by atoms with van der Waals surface area (Å²) in [5.41, 5.74) is 0.433. The highest BCUT2D eigenvalue weighted by Crippen LogP contribution is 2.42. The lowest BCUT2D eigenvalue weighted by atomic mass is 9.93. The topological polar surface area (TPSA) is 109 Å². The molecule has 0 aliphatic carbocycles. The quantitative estimate of drug-likeness (QED) is 0.868. The number of aromatic amines is 1. The first kappa shape index (κ1) is 17.1. The molecule has 134 valence electrons. The number of aryl methyl sites for hydroxylation is 2. The minimum Gasteiger partial charge on any atom is -0.330 e. The first-order valence-corrected chi connectivity index (χ1v) is 8.17. The Bertz CT molecular complexity index is 802. The molecule has 1 fully saturated rings. The summed E-state index contributed by atoms with van der Waals surface area (Å²) in [5, 5.41) is 13.5. The maximum atomic E-state index is 12.8. The van der Waals surface area contributed by atoms with Gasteiger partial charge in [-0.1, -0.05) is 0 Å². The van der Waals surface area contributed by atoms with Crippen molar-refractivity contribution in [3.05, 3.63) is 23.8 Å². The van der Waals surface area contributed by atoms with E-state index in [1.807, 2.05) is 34.0 Å². The second-order valence-electron chi connectivity index (χ2n) is 7.37. The fraction of sp³-hybridized carbons (Fsp3) is 0.562. The average molecular weight is 345 g/mol. The van der Waals surface area contributed by atoms with E-state index in [-0.39, 0.29) is 30.2 Å². The predicted octanol–water partition coefficient (Wildman–Crippen LogP) is 1.17. The number of H-pyrrole nitrogens is 1. The van der Waals surface area contributed by atoms with Gasteiger partial charge >= 0.3 is 0 Å². The molecule has 25 heavy (non-hydrogen) atoms. The highest BCUT2D eigenvalue weighted by atomic mass is 16.2. The monoisotopic (exact) mass is 345 g/mol. The molecule has 2 N–H and O–H groups in total. The molecule has 0 saturated carbocycles. The molecule has 1 aliphatic rings. The van der Waals surface area contributed by atoms with E-state index in [0.29, 0.717) is 5.82 Å². The Morgan fingerprint density at radius 2 is 2.12 bits per heavy atom. The number of hydrogen-bond donors (Lipinski definition) is 2. The minimum atomic E-state index is -0.533. The highest BCUT2D eigenvalue weighted by Gasteiger charge is 2.49. The van der Waals surface area contributed by atoms with E-state index in [9.17, 15) is 9.59 Å². The van der Waals surface area contributed by atoms with Crippen LogP contribution >= 0.6 is 0 Å². The van der Waals surface area contributed by atoms with Crippen LogP contribution in [0.3, 0.4) is 0 Å². The molecule has 0 spiro atoms. The Hall–Kier alpha value is -2.71. The summed E-state index contributed by atoms with van der Waals surface area (Å²) < 4.78 is 1.67. The molecule has 0 bridgehead atoms. The third-order valence-electron chi connectivity index (χ3n) is 4.28. The molecular formula is C16H23N7O2. The number of carbonyl (C=O) groups excluding carboxylic acids is 2. The van der Waals surface area contributed by atoms with Crippen molar-refractivity contribution in [2.24, 2.45) is 13.0 Å². The average Bonchev–Trinajstić information content (AvgIpc) is 3.17. The molecule has 9 nitrogen and oxygen atoms in total. The number of nitrogens with one attached hydrogen (secondary N) is 2. The molecule has 9 heteroatoms. The first-order valence-electron chi connectivity index (χ1n) is 8.17. The molecule has 2 aromatic heterocycles. The Kier molecular flexibility index (Phi) is 4.09. The van der Waals surface area contributed by atoms with Gasteiger partial charge in [0.15, 0.2) is 0 Å². The van der Waals surface area contributed by atoms with E-state index in [0.717, 1.165) is 5.56 Å². The van der Waals surface area contributed by atoms with Crippen LogP contribution in [-0.2, 0) is 16.6 Å². The molecule has 2 aromatic rings. The summed E-state index contributed by atoms with van der Waals surface area (Å²) in [6.45, 7) is 7.65. The summed E-state index contributed by atoms with van der Waals surface area (Å²) in [4.78, 5) is 31.4. The molecule has 2 atom stereocenters. The van der Waals surface area contributed by atoms with Crippen molar-refractivity contribution >= 4 is 17.8 Å². The van der Waals surface area contributed by atoms with Gasteiger partial charge < -0.3 is 4.90 Å². The standard InChI is InChI=1S/C16H23N7O2/c1-9-18-15(21-20-9)19-14(25)11-6-12(24)23(16(2,3)4)13(11)10-7-17-22(5)8-10/h7-8,11,13H,6H2,1-5H3,(H2,18,19,20,21,25). The third-order valence-corrected chi connectivity index (χ3v) is 4.28. The largest absolute Gasteiger partial charge is 0.330 e. The molecule has 0 radical (unpaired) electrons. The van der Waals surface area contributed by atoms with Gasteiger partial charge in [0.05, 0.1) is 18.2 Å². The molecule has 2 unspecified atom stereocenters. The van der Waals surface area contributed by atoms with Crippen molar-refractivity contribution in [1.29, 1.82) is 0 Å². The van der Waals surface area contributed by atoms with Crippen LogP contribution in [0.1, 0.15) is 44.6 Å². The molecular weight excluding hydrogens is 322 g/mol. The van der Waals surface area contributed by atoms with Crippen LogP contribution in [-0.4, -0.2) is 47.2 Å². The second kappa shape index (κ2) is 5.98. The van der Waals surface area contributed by atoms with Crippen LogP contribution in [0.25, 0.3) is 0 Å². The van der Waals surface area contributed by atoms with E-state index >= 15 is 0 Å². The zero-order valence-corrected chi connectivity index (χ0v) is 15.1. The smallest absolute Gasteiger partial charge is 0.248 e. The molecule has 2 amide bonds. The number of hydrogen-bond acceptors (Lipinski definition) is 5. The fourth-order valence-electron chi connectivity index (χ4n) is 3.34. The third kappa shape index (κ3) is 3.26. The van der Waals surface area contributed by atoms with E-state index in [4.69, 9.17) is 0 Å². The molecule has 3 rings (SSSR count). The van der Waals surface area contributed by atoms with Crippen molar-refractivity contribution in [1.82, 2.24) is 29.9 Å². The lowest BCUT2D eigenvalue weighted by Gasteiger charge is -2.38. The summed E-state index contributed by atoms with van der Waals surface area (Å²) in [7, 11) is 1.81. The molecule has 3 heterocycles. The van der Waals surface area contributed by atoms with Crippen LogP contribution < -0.4 is 5.32 Å². The lowest BCUT2D eigenvalue weighted by Crippen LogP contribution is -2.44. The van der Waals surface area contributed by atoms with E-state index in [2.05, 4.69) is 25.6 Å². The Labute approximate surface area is 145 Å². The van der Waals surface area contributed by atoms with Crippen molar-refractivity contribution in [2.45, 2.75) is 45.7 Å². The summed E-state index contributed by atoms with van der Waals surface area (Å²) in [6, 6.07) is -0.374. The number of anilines is 1. The second-order valence-corrected chi connectivity index (χ2v) is 7.37. The van der Waals surface area contributed by atoms with Gasteiger partial charge in [-0.3, -0.25) is 24.7 Å². The lowest BCUT2D eigenvalue weighted by molar-refractivity contribution is -0.133. The van der Waals surface area contributed by atoms with Crippen LogP contribution in [0, 0.1) is 12.8 Å². The number of carbonyl (C=O) groups is 2.